The van der Waals surface area contributed by atoms with Gasteiger partial charge in [0.05, 0.1) is 0 Å². The fraction of sp³-hybridized carbons (Fsp3) is 0.625. The van der Waals surface area contributed by atoms with Crippen LogP contribution in [0.4, 0.5) is 0 Å². The summed E-state index contributed by atoms with van der Waals surface area (Å²) in [7, 11) is 0. The molecule has 1 aromatic carbocycles. The van der Waals surface area contributed by atoms with E-state index in [4.69, 9.17) is 16.3 Å². The largest absolute Gasteiger partial charge is 0.475 e. The van der Waals surface area contributed by atoms with E-state index in [1.54, 1.807) is 0 Å². The summed E-state index contributed by atoms with van der Waals surface area (Å²) in [5.41, 5.74) is 1.01. The molecule has 1 rings (SSSR count). The number of benzene rings is 1. The van der Waals surface area contributed by atoms with Crippen molar-refractivity contribution in [3.63, 3.8) is 0 Å². The van der Waals surface area contributed by atoms with E-state index in [1.807, 2.05) is 19.1 Å². The lowest BCUT2D eigenvalue weighted by Gasteiger charge is -2.12. The van der Waals surface area contributed by atoms with Crippen LogP contribution in [0.25, 0.3) is 0 Å². The maximum Gasteiger partial charge on any atom is 0.169 e. The van der Waals surface area contributed by atoms with Crippen molar-refractivity contribution >= 4 is 11.6 Å². The zero-order valence-corrected chi connectivity index (χ0v) is 12.4. The topological polar surface area (TPSA) is 9.23 Å². The molecule has 2 heteroatoms. The van der Waals surface area contributed by atoms with E-state index in [2.05, 4.69) is 19.1 Å². The van der Waals surface area contributed by atoms with Gasteiger partial charge in [-0.25, -0.2) is 0 Å². The molecule has 0 aliphatic carbocycles. The van der Waals surface area contributed by atoms with Crippen molar-refractivity contribution in [2.75, 3.05) is 0 Å². The van der Waals surface area contributed by atoms with Gasteiger partial charge in [-0.05, 0) is 31.4 Å². The van der Waals surface area contributed by atoms with Gasteiger partial charge in [0.15, 0.2) is 5.56 Å². The third kappa shape index (κ3) is 6.30. The Morgan fingerprint density at radius 3 is 2.44 bits per heavy atom. The number of aryl methyl sites for hydroxylation is 1. The van der Waals surface area contributed by atoms with Crippen LogP contribution in [0.2, 0.25) is 0 Å². The molecular formula is C16H25ClO. The maximum absolute atomic E-state index is 5.88. The SMILES string of the molecule is CCCCCCCCc1ccccc1OC(C)Cl. The highest BCUT2D eigenvalue weighted by Gasteiger charge is 2.05. The van der Waals surface area contributed by atoms with Crippen molar-refractivity contribution in [1.82, 2.24) is 0 Å². The average molecular weight is 269 g/mol. The van der Waals surface area contributed by atoms with E-state index in [-0.39, 0.29) is 5.56 Å². The van der Waals surface area contributed by atoms with Crippen LogP contribution in [0, 0.1) is 0 Å². The predicted octanol–water partition coefficient (Wildman–Crippen LogP) is 5.55. The quantitative estimate of drug-likeness (QED) is 0.421. The molecule has 1 unspecified atom stereocenters. The van der Waals surface area contributed by atoms with E-state index in [1.165, 1.54) is 44.1 Å². The Labute approximate surface area is 116 Å². The molecule has 1 nitrogen and oxygen atoms in total. The van der Waals surface area contributed by atoms with E-state index < -0.39 is 0 Å². The molecule has 0 radical (unpaired) electrons. The molecule has 0 aliphatic rings. The Hall–Kier alpha value is -0.690. The highest BCUT2D eigenvalue weighted by Crippen LogP contribution is 2.22. The standard InChI is InChI=1S/C16H25ClO/c1-3-4-5-6-7-8-11-15-12-9-10-13-16(15)18-14(2)17/h9-10,12-14H,3-8,11H2,1-2H3. The Balaban J connectivity index is 2.32. The summed E-state index contributed by atoms with van der Waals surface area (Å²) in [5, 5.41) is 0. The Bertz CT molecular complexity index is 323. The number of ether oxygens (including phenoxy) is 1. The molecule has 1 aromatic rings. The van der Waals surface area contributed by atoms with Crippen LogP contribution < -0.4 is 4.74 Å². The van der Waals surface area contributed by atoms with Crippen LogP contribution in [0.5, 0.6) is 5.75 Å². The predicted molar refractivity (Wildman–Crippen MR) is 79.5 cm³/mol. The van der Waals surface area contributed by atoms with Crippen LogP contribution in [0.15, 0.2) is 24.3 Å². The van der Waals surface area contributed by atoms with Crippen molar-refractivity contribution in [1.29, 1.82) is 0 Å². The highest BCUT2D eigenvalue weighted by molar-refractivity contribution is 6.19. The molecule has 0 heterocycles. The summed E-state index contributed by atoms with van der Waals surface area (Å²) in [6.45, 7) is 4.10. The first-order valence-corrected chi connectivity index (χ1v) is 7.56. The van der Waals surface area contributed by atoms with E-state index in [0.717, 1.165) is 12.2 Å². The zero-order valence-electron chi connectivity index (χ0n) is 11.6. The van der Waals surface area contributed by atoms with Crippen molar-refractivity contribution < 1.29 is 4.74 Å². The van der Waals surface area contributed by atoms with E-state index in [9.17, 15) is 0 Å². The van der Waals surface area contributed by atoms with Gasteiger partial charge in [-0.3, -0.25) is 0 Å². The molecule has 0 aromatic heterocycles. The van der Waals surface area contributed by atoms with Gasteiger partial charge in [-0.15, -0.1) is 0 Å². The molecule has 0 spiro atoms. The minimum absolute atomic E-state index is 0.268. The second kappa shape index (κ2) is 9.27. The smallest absolute Gasteiger partial charge is 0.169 e. The summed E-state index contributed by atoms with van der Waals surface area (Å²) in [6.07, 6.45) is 9.03. The maximum atomic E-state index is 5.88. The highest BCUT2D eigenvalue weighted by atomic mass is 35.5. The van der Waals surface area contributed by atoms with Gasteiger partial charge in [-0.2, -0.15) is 0 Å². The van der Waals surface area contributed by atoms with Gasteiger partial charge >= 0.3 is 0 Å². The molecule has 0 N–H and O–H groups in total. The summed E-state index contributed by atoms with van der Waals surface area (Å²) in [6, 6.07) is 8.21. The van der Waals surface area contributed by atoms with Crippen LogP contribution in [0.3, 0.4) is 0 Å². The Kier molecular flexibility index (Phi) is 7.91. The lowest BCUT2D eigenvalue weighted by molar-refractivity contribution is 0.297. The normalized spacial score (nSPS) is 12.4. The number of alkyl halides is 1. The Morgan fingerprint density at radius 1 is 1.06 bits per heavy atom. The van der Waals surface area contributed by atoms with E-state index >= 15 is 0 Å². The summed E-state index contributed by atoms with van der Waals surface area (Å²) in [4.78, 5) is 0. The van der Waals surface area contributed by atoms with Crippen molar-refractivity contribution in [2.24, 2.45) is 0 Å². The fourth-order valence-electron chi connectivity index (χ4n) is 2.10. The van der Waals surface area contributed by atoms with Gasteiger partial charge in [0, 0.05) is 0 Å². The molecule has 102 valence electrons. The first-order valence-electron chi connectivity index (χ1n) is 7.12. The van der Waals surface area contributed by atoms with Crippen molar-refractivity contribution in [2.45, 2.75) is 64.4 Å². The van der Waals surface area contributed by atoms with Crippen molar-refractivity contribution in [3.8, 4) is 5.75 Å². The monoisotopic (exact) mass is 268 g/mol. The third-order valence-corrected chi connectivity index (χ3v) is 3.15. The van der Waals surface area contributed by atoms with Crippen LogP contribution in [0.1, 0.15) is 57.9 Å². The summed E-state index contributed by atoms with van der Waals surface area (Å²) < 4.78 is 5.61. The number of hydrogen-bond donors (Lipinski definition) is 0. The van der Waals surface area contributed by atoms with Gasteiger partial charge < -0.3 is 4.74 Å². The summed E-state index contributed by atoms with van der Waals surface area (Å²) in [5.74, 6) is 0.938. The first kappa shape index (κ1) is 15.4. The van der Waals surface area contributed by atoms with Gasteiger partial charge in [0.1, 0.15) is 5.75 Å². The minimum atomic E-state index is -0.268. The summed E-state index contributed by atoms with van der Waals surface area (Å²) >= 11 is 5.88. The molecule has 0 fully saturated rings. The molecular weight excluding hydrogens is 244 g/mol. The van der Waals surface area contributed by atoms with E-state index in [0.29, 0.717) is 0 Å². The fourth-order valence-corrected chi connectivity index (χ4v) is 2.19. The third-order valence-electron chi connectivity index (χ3n) is 3.06. The lowest BCUT2D eigenvalue weighted by Crippen LogP contribution is -2.04. The zero-order chi connectivity index (χ0) is 13.2. The lowest BCUT2D eigenvalue weighted by atomic mass is 10.0. The number of unbranched alkanes of at least 4 members (excludes halogenated alkanes) is 5. The number of para-hydroxylation sites is 1. The van der Waals surface area contributed by atoms with Gasteiger partial charge in [0.25, 0.3) is 0 Å². The molecule has 0 saturated carbocycles. The molecule has 18 heavy (non-hydrogen) atoms. The first-order chi connectivity index (χ1) is 8.74. The minimum Gasteiger partial charge on any atom is -0.475 e. The molecule has 0 amide bonds. The van der Waals surface area contributed by atoms with Crippen molar-refractivity contribution in [3.05, 3.63) is 29.8 Å². The van der Waals surface area contributed by atoms with Crippen LogP contribution in [-0.2, 0) is 6.42 Å². The van der Waals surface area contributed by atoms with Gasteiger partial charge in [0.2, 0.25) is 0 Å². The van der Waals surface area contributed by atoms with Crippen LogP contribution >= 0.6 is 11.6 Å². The molecule has 0 saturated heterocycles. The second-order valence-electron chi connectivity index (χ2n) is 4.79. The number of halogens is 1. The van der Waals surface area contributed by atoms with Gasteiger partial charge in [-0.1, -0.05) is 68.8 Å². The molecule has 1 atom stereocenters. The number of rotatable bonds is 9. The second-order valence-corrected chi connectivity index (χ2v) is 5.40. The molecule has 0 aliphatic heterocycles. The number of hydrogen-bond acceptors (Lipinski definition) is 1. The average Bonchev–Trinajstić information content (AvgIpc) is 2.35. The van der Waals surface area contributed by atoms with Crippen LogP contribution in [-0.4, -0.2) is 5.56 Å². The Morgan fingerprint density at radius 2 is 1.72 bits per heavy atom. The molecule has 0 bridgehead atoms.